The van der Waals surface area contributed by atoms with Gasteiger partial charge in [0.25, 0.3) is 0 Å². The molecule has 0 amide bonds. The van der Waals surface area contributed by atoms with Crippen LogP contribution in [0.2, 0.25) is 0 Å². The SMILES string of the molecule is CNC[C@@H](OCc1ccccc1)[C@@H](Oc1cccc2ccccc12)c1ccccc1. The lowest BCUT2D eigenvalue weighted by atomic mass is 10.0. The Bertz CT molecular complexity index is 1040. The van der Waals surface area contributed by atoms with Crippen LogP contribution in [0.3, 0.4) is 0 Å². The number of hydrogen-bond donors (Lipinski definition) is 1. The normalized spacial score (nSPS) is 13.1. The Hall–Kier alpha value is -3.14. The molecule has 0 aliphatic carbocycles. The highest BCUT2D eigenvalue weighted by Crippen LogP contribution is 2.32. The Balaban J connectivity index is 1.65. The van der Waals surface area contributed by atoms with Crippen LogP contribution in [0.15, 0.2) is 103 Å². The zero-order valence-corrected chi connectivity index (χ0v) is 17.2. The van der Waals surface area contributed by atoms with Gasteiger partial charge in [-0.05, 0) is 29.6 Å². The highest BCUT2D eigenvalue weighted by Gasteiger charge is 2.26. The molecular formula is C27H27NO2. The van der Waals surface area contributed by atoms with Gasteiger partial charge < -0.3 is 14.8 Å². The number of ether oxygens (including phenoxy) is 2. The zero-order chi connectivity index (χ0) is 20.6. The summed E-state index contributed by atoms with van der Waals surface area (Å²) in [6.07, 6.45) is -0.398. The van der Waals surface area contributed by atoms with E-state index in [1.165, 1.54) is 0 Å². The van der Waals surface area contributed by atoms with E-state index < -0.39 is 0 Å². The predicted octanol–water partition coefficient (Wildman–Crippen LogP) is 5.76. The van der Waals surface area contributed by atoms with Crippen LogP contribution >= 0.6 is 0 Å². The summed E-state index contributed by atoms with van der Waals surface area (Å²) in [4.78, 5) is 0. The first kappa shape index (κ1) is 20.1. The Kier molecular flexibility index (Phi) is 6.75. The van der Waals surface area contributed by atoms with Gasteiger partial charge in [-0.25, -0.2) is 0 Å². The first-order valence-corrected chi connectivity index (χ1v) is 10.3. The van der Waals surface area contributed by atoms with Crippen LogP contribution in [-0.4, -0.2) is 19.7 Å². The summed E-state index contributed by atoms with van der Waals surface area (Å²) >= 11 is 0. The molecule has 0 bridgehead atoms. The summed E-state index contributed by atoms with van der Waals surface area (Å²) in [7, 11) is 1.94. The minimum atomic E-state index is -0.242. The van der Waals surface area contributed by atoms with Gasteiger partial charge in [-0.2, -0.15) is 0 Å². The van der Waals surface area contributed by atoms with Crippen molar-refractivity contribution in [1.29, 1.82) is 0 Å². The number of nitrogens with one attached hydrogen (secondary N) is 1. The Morgan fingerprint density at radius 2 is 1.40 bits per heavy atom. The zero-order valence-electron chi connectivity index (χ0n) is 17.2. The number of benzene rings is 4. The predicted molar refractivity (Wildman–Crippen MR) is 123 cm³/mol. The molecule has 3 heteroatoms. The molecule has 1 N–H and O–H groups in total. The molecule has 0 saturated heterocycles. The van der Waals surface area contributed by atoms with E-state index >= 15 is 0 Å². The molecule has 0 spiro atoms. The van der Waals surface area contributed by atoms with E-state index in [4.69, 9.17) is 9.47 Å². The topological polar surface area (TPSA) is 30.5 Å². The third kappa shape index (κ3) is 4.88. The molecule has 2 atom stereocenters. The van der Waals surface area contributed by atoms with Crippen molar-refractivity contribution < 1.29 is 9.47 Å². The lowest BCUT2D eigenvalue weighted by Crippen LogP contribution is -2.35. The first-order chi connectivity index (χ1) is 14.8. The van der Waals surface area contributed by atoms with Gasteiger partial charge >= 0.3 is 0 Å². The van der Waals surface area contributed by atoms with Gasteiger partial charge in [-0.15, -0.1) is 0 Å². The average molecular weight is 398 g/mol. The largest absolute Gasteiger partial charge is 0.482 e. The first-order valence-electron chi connectivity index (χ1n) is 10.3. The molecule has 4 aromatic carbocycles. The number of rotatable bonds is 9. The highest BCUT2D eigenvalue weighted by molar-refractivity contribution is 5.88. The summed E-state index contributed by atoms with van der Waals surface area (Å²) in [6, 6.07) is 35.1. The van der Waals surface area contributed by atoms with Crippen molar-refractivity contribution in [2.75, 3.05) is 13.6 Å². The fourth-order valence-electron chi connectivity index (χ4n) is 3.67. The van der Waals surface area contributed by atoms with E-state index in [-0.39, 0.29) is 12.2 Å². The van der Waals surface area contributed by atoms with E-state index in [0.717, 1.165) is 27.6 Å². The van der Waals surface area contributed by atoms with Crippen molar-refractivity contribution in [3.63, 3.8) is 0 Å². The van der Waals surface area contributed by atoms with Crippen molar-refractivity contribution >= 4 is 10.8 Å². The lowest BCUT2D eigenvalue weighted by molar-refractivity contribution is -0.0337. The third-order valence-electron chi connectivity index (χ3n) is 5.18. The summed E-state index contributed by atoms with van der Waals surface area (Å²) in [5, 5.41) is 5.54. The van der Waals surface area contributed by atoms with Gasteiger partial charge in [0, 0.05) is 11.9 Å². The van der Waals surface area contributed by atoms with Crippen LogP contribution in [0.25, 0.3) is 10.8 Å². The quantitative estimate of drug-likeness (QED) is 0.389. The lowest BCUT2D eigenvalue weighted by Gasteiger charge is -2.29. The molecular weight excluding hydrogens is 370 g/mol. The molecule has 0 aliphatic heterocycles. The van der Waals surface area contributed by atoms with E-state index in [2.05, 4.69) is 47.8 Å². The third-order valence-corrected chi connectivity index (χ3v) is 5.18. The summed E-state index contributed by atoms with van der Waals surface area (Å²) in [5.41, 5.74) is 2.24. The van der Waals surface area contributed by atoms with Crippen LogP contribution in [-0.2, 0) is 11.3 Å². The van der Waals surface area contributed by atoms with Crippen molar-refractivity contribution in [2.24, 2.45) is 0 Å². The van der Waals surface area contributed by atoms with E-state index in [1.54, 1.807) is 0 Å². The van der Waals surface area contributed by atoms with Crippen molar-refractivity contribution in [3.8, 4) is 5.75 Å². The summed E-state index contributed by atoms with van der Waals surface area (Å²) in [6.45, 7) is 1.21. The highest BCUT2D eigenvalue weighted by atomic mass is 16.5. The molecule has 0 heterocycles. The molecule has 0 aromatic heterocycles. The maximum absolute atomic E-state index is 6.65. The molecule has 152 valence electrons. The van der Waals surface area contributed by atoms with Crippen molar-refractivity contribution in [3.05, 3.63) is 114 Å². The molecule has 30 heavy (non-hydrogen) atoms. The fourth-order valence-corrected chi connectivity index (χ4v) is 3.67. The monoisotopic (exact) mass is 397 g/mol. The second-order valence-corrected chi connectivity index (χ2v) is 7.32. The van der Waals surface area contributed by atoms with Crippen LogP contribution in [0.1, 0.15) is 17.2 Å². The second kappa shape index (κ2) is 10.1. The van der Waals surface area contributed by atoms with Gasteiger partial charge in [0.2, 0.25) is 0 Å². The number of fused-ring (bicyclic) bond motifs is 1. The van der Waals surface area contributed by atoms with Gasteiger partial charge in [0.1, 0.15) is 11.9 Å². The fraction of sp³-hybridized carbons (Fsp3) is 0.185. The molecule has 0 unspecified atom stereocenters. The molecule has 0 fully saturated rings. The van der Waals surface area contributed by atoms with E-state index in [0.29, 0.717) is 13.2 Å². The maximum atomic E-state index is 6.65. The van der Waals surface area contributed by atoms with E-state index in [1.807, 2.05) is 67.7 Å². The standard InChI is InChI=1S/C27H27NO2/c1-28-19-26(29-20-21-11-4-2-5-12-21)27(23-14-6-3-7-15-23)30-25-18-10-16-22-13-8-9-17-24(22)25/h2-18,26-28H,19-20H2,1H3/t26-,27+/m1/s1. The minimum absolute atomic E-state index is 0.156. The number of likely N-dealkylation sites (N-methyl/N-ethyl adjacent to an activating group) is 1. The molecule has 4 rings (SSSR count). The number of hydrogen-bond acceptors (Lipinski definition) is 3. The Morgan fingerprint density at radius 3 is 2.17 bits per heavy atom. The molecule has 0 saturated carbocycles. The van der Waals surface area contributed by atoms with Gasteiger partial charge in [0.15, 0.2) is 6.10 Å². The van der Waals surface area contributed by atoms with Crippen molar-refractivity contribution in [2.45, 2.75) is 18.8 Å². The Labute approximate surface area is 178 Å². The second-order valence-electron chi connectivity index (χ2n) is 7.32. The van der Waals surface area contributed by atoms with Crippen LogP contribution in [0.4, 0.5) is 0 Å². The maximum Gasteiger partial charge on any atom is 0.151 e. The van der Waals surface area contributed by atoms with Crippen LogP contribution in [0, 0.1) is 0 Å². The van der Waals surface area contributed by atoms with Crippen molar-refractivity contribution in [1.82, 2.24) is 5.32 Å². The average Bonchev–Trinajstić information content (AvgIpc) is 2.82. The smallest absolute Gasteiger partial charge is 0.151 e. The molecule has 0 radical (unpaired) electrons. The summed E-state index contributed by atoms with van der Waals surface area (Å²) < 4.78 is 13.0. The molecule has 4 aromatic rings. The minimum Gasteiger partial charge on any atom is -0.482 e. The van der Waals surface area contributed by atoms with Crippen LogP contribution in [0.5, 0.6) is 5.75 Å². The van der Waals surface area contributed by atoms with Gasteiger partial charge in [-0.1, -0.05) is 97.1 Å². The van der Waals surface area contributed by atoms with Gasteiger partial charge in [0.05, 0.1) is 6.61 Å². The Morgan fingerprint density at radius 1 is 0.733 bits per heavy atom. The van der Waals surface area contributed by atoms with Crippen LogP contribution < -0.4 is 10.1 Å². The van der Waals surface area contributed by atoms with Gasteiger partial charge in [-0.3, -0.25) is 0 Å². The molecule has 3 nitrogen and oxygen atoms in total. The van der Waals surface area contributed by atoms with E-state index in [9.17, 15) is 0 Å². The summed E-state index contributed by atoms with van der Waals surface area (Å²) in [5.74, 6) is 0.867. The molecule has 0 aliphatic rings.